The maximum absolute atomic E-state index is 12.4. The molecule has 0 aliphatic carbocycles. The molecule has 6 nitrogen and oxygen atoms in total. The van der Waals surface area contributed by atoms with Gasteiger partial charge in [0.2, 0.25) is 0 Å². The van der Waals surface area contributed by atoms with Gasteiger partial charge in [0.25, 0.3) is 11.7 Å². The Hall–Kier alpha value is -1.83. The van der Waals surface area contributed by atoms with Gasteiger partial charge in [0.15, 0.2) is 5.69 Å². The number of nitrogens with two attached hydrogens (primary N) is 1. The van der Waals surface area contributed by atoms with Crippen LogP contribution >= 0.6 is 11.6 Å². The number of nitrogen functional groups attached to an aromatic ring is 1. The molecule has 0 saturated heterocycles. The van der Waals surface area contributed by atoms with Crippen molar-refractivity contribution >= 4 is 28.2 Å². The molecule has 1 aromatic heterocycles. The number of nitrogens with zero attached hydrogens (tertiary/aromatic N) is 2. The van der Waals surface area contributed by atoms with Crippen LogP contribution in [0.1, 0.15) is 22.5 Å². The lowest BCUT2D eigenvalue weighted by atomic mass is 10.2. The molecule has 2 N–H and O–H groups in total. The molecule has 0 aliphatic heterocycles. The summed E-state index contributed by atoms with van der Waals surface area (Å²) in [5.74, 6) is 0. The Bertz CT molecular complexity index is 466. The normalized spacial score (nSPS) is 10.5. The van der Waals surface area contributed by atoms with Crippen LogP contribution in [0.25, 0.3) is 0 Å². The molecule has 1 rings (SSSR count). The number of aromatic nitrogens is 1. The largest absolute Gasteiger partial charge is 0.392 e. The first kappa shape index (κ1) is 12.2. The number of halogens is 3. The van der Waals surface area contributed by atoms with E-state index >= 15 is 0 Å². The lowest BCUT2D eigenvalue weighted by molar-refractivity contribution is -0.385. The van der Waals surface area contributed by atoms with E-state index in [2.05, 4.69) is 4.98 Å². The first-order valence-corrected chi connectivity index (χ1v) is 4.14. The van der Waals surface area contributed by atoms with Gasteiger partial charge in [-0.05, 0) is 11.6 Å². The van der Waals surface area contributed by atoms with Crippen LogP contribution in [0, 0.1) is 10.1 Å². The van der Waals surface area contributed by atoms with Crippen molar-refractivity contribution in [2.75, 3.05) is 5.73 Å². The first-order valence-electron chi connectivity index (χ1n) is 3.77. The third-order valence-corrected chi connectivity index (χ3v) is 1.93. The summed E-state index contributed by atoms with van der Waals surface area (Å²) in [6.45, 7) is 0. The van der Waals surface area contributed by atoms with Gasteiger partial charge in [0, 0.05) is 6.20 Å². The summed E-state index contributed by atoms with van der Waals surface area (Å²) in [6, 6.07) is 0. The summed E-state index contributed by atoms with van der Waals surface area (Å²) in [4.78, 5) is 23.2. The second kappa shape index (κ2) is 4.35. The zero-order valence-corrected chi connectivity index (χ0v) is 8.24. The Kier molecular flexibility index (Phi) is 3.33. The van der Waals surface area contributed by atoms with Crippen LogP contribution < -0.4 is 5.73 Å². The molecule has 0 bridgehead atoms. The summed E-state index contributed by atoms with van der Waals surface area (Å²) >= 11 is 5.05. The predicted octanol–water partition coefficient (Wildman–Crippen LogP) is 1.89. The van der Waals surface area contributed by atoms with Gasteiger partial charge in [-0.1, -0.05) is 0 Å². The average Bonchev–Trinajstić information content (AvgIpc) is 2.15. The summed E-state index contributed by atoms with van der Waals surface area (Å²) in [5.41, 5.74) is 1.83. The number of carbonyl (C=O) groups is 1. The maximum Gasteiger partial charge on any atom is 0.320 e. The molecule has 0 fully saturated rings. The molecule has 0 radical (unpaired) electrons. The van der Waals surface area contributed by atoms with Crippen LogP contribution in [0.5, 0.6) is 0 Å². The topological polar surface area (TPSA) is 99.1 Å². The minimum Gasteiger partial charge on any atom is -0.392 e. The smallest absolute Gasteiger partial charge is 0.320 e. The van der Waals surface area contributed by atoms with E-state index in [0.717, 1.165) is 0 Å². The van der Waals surface area contributed by atoms with Crippen molar-refractivity contribution in [2.24, 2.45) is 0 Å². The SMILES string of the molecule is Nc1c(C(=O)Cl)cnc(C(F)F)c1[N+](=O)[O-]. The van der Waals surface area contributed by atoms with Gasteiger partial charge in [-0.25, -0.2) is 13.8 Å². The average molecular weight is 252 g/mol. The fourth-order valence-corrected chi connectivity index (χ4v) is 1.19. The zero-order valence-electron chi connectivity index (χ0n) is 7.49. The highest BCUT2D eigenvalue weighted by molar-refractivity contribution is 6.68. The van der Waals surface area contributed by atoms with Crippen molar-refractivity contribution in [3.8, 4) is 0 Å². The second-order valence-corrected chi connectivity index (χ2v) is 2.99. The highest BCUT2D eigenvalue weighted by Crippen LogP contribution is 2.34. The first-order chi connectivity index (χ1) is 7.36. The van der Waals surface area contributed by atoms with Crippen molar-refractivity contribution in [1.29, 1.82) is 0 Å². The molecule has 0 aliphatic rings. The molecule has 9 heteroatoms. The Labute approximate surface area is 92.2 Å². The van der Waals surface area contributed by atoms with E-state index in [9.17, 15) is 23.7 Å². The summed E-state index contributed by atoms with van der Waals surface area (Å²) in [6.07, 6.45) is -2.48. The number of nitro groups is 1. The van der Waals surface area contributed by atoms with E-state index < -0.39 is 39.2 Å². The van der Waals surface area contributed by atoms with Crippen molar-refractivity contribution in [1.82, 2.24) is 4.98 Å². The molecule has 0 atom stereocenters. The standard InChI is InChI=1S/C7H4ClF2N3O3/c8-6(14)2-1-12-4(7(9)10)5(3(2)11)13(15)16/h1,7H,(H2,11,12). The van der Waals surface area contributed by atoms with Crippen molar-refractivity contribution in [3.63, 3.8) is 0 Å². The number of pyridine rings is 1. The van der Waals surface area contributed by atoms with E-state index in [1.165, 1.54) is 0 Å². The quantitative estimate of drug-likeness (QED) is 0.502. The minimum atomic E-state index is -3.16. The van der Waals surface area contributed by atoms with Crippen LogP contribution in [0.2, 0.25) is 0 Å². The van der Waals surface area contributed by atoms with Gasteiger partial charge in [-0.3, -0.25) is 14.9 Å². The van der Waals surface area contributed by atoms with Gasteiger partial charge < -0.3 is 5.73 Å². The highest BCUT2D eigenvalue weighted by atomic mass is 35.5. The van der Waals surface area contributed by atoms with Gasteiger partial charge >= 0.3 is 5.69 Å². The Morgan fingerprint density at radius 2 is 2.19 bits per heavy atom. The van der Waals surface area contributed by atoms with E-state index in [-0.39, 0.29) is 0 Å². The fourth-order valence-electron chi connectivity index (χ4n) is 1.04. The number of anilines is 1. The number of carbonyl (C=O) groups excluding carboxylic acids is 1. The molecule has 0 amide bonds. The van der Waals surface area contributed by atoms with Crippen molar-refractivity contribution < 1.29 is 18.5 Å². The monoisotopic (exact) mass is 251 g/mol. The lowest BCUT2D eigenvalue weighted by Gasteiger charge is -2.05. The maximum atomic E-state index is 12.4. The van der Waals surface area contributed by atoms with E-state index in [4.69, 9.17) is 17.3 Å². The van der Waals surface area contributed by atoms with Crippen LogP contribution in [-0.2, 0) is 0 Å². The molecule has 0 spiro atoms. The molecule has 86 valence electrons. The van der Waals surface area contributed by atoms with Gasteiger partial charge in [-0.15, -0.1) is 0 Å². The summed E-state index contributed by atoms with van der Waals surface area (Å²) in [5, 5.41) is 9.42. The molecule has 1 heterocycles. The van der Waals surface area contributed by atoms with Crippen LogP contribution in [0.4, 0.5) is 20.2 Å². The van der Waals surface area contributed by atoms with Gasteiger partial charge in [0.1, 0.15) is 5.69 Å². The van der Waals surface area contributed by atoms with E-state index in [1.54, 1.807) is 0 Å². The predicted molar refractivity (Wildman–Crippen MR) is 50.4 cm³/mol. The molecule has 0 saturated carbocycles. The van der Waals surface area contributed by atoms with Gasteiger partial charge in [0.05, 0.1) is 10.5 Å². The Balaban J connectivity index is 3.54. The number of alkyl halides is 2. The van der Waals surface area contributed by atoms with Crippen molar-refractivity contribution in [2.45, 2.75) is 6.43 Å². The Morgan fingerprint density at radius 1 is 1.62 bits per heavy atom. The third-order valence-electron chi connectivity index (χ3n) is 1.72. The van der Waals surface area contributed by atoms with Gasteiger partial charge in [-0.2, -0.15) is 0 Å². The van der Waals surface area contributed by atoms with Crippen LogP contribution in [0.3, 0.4) is 0 Å². The third kappa shape index (κ3) is 2.06. The number of rotatable bonds is 3. The van der Waals surface area contributed by atoms with Crippen LogP contribution in [-0.4, -0.2) is 15.1 Å². The number of hydrogen-bond acceptors (Lipinski definition) is 5. The number of hydrogen-bond donors (Lipinski definition) is 1. The molecular weight excluding hydrogens is 248 g/mol. The molecular formula is C7H4ClF2N3O3. The summed E-state index contributed by atoms with van der Waals surface area (Å²) < 4.78 is 24.7. The zero-order chi connectivity index (χ0) is 12.5. The Morgan fingerprint density at radius 3 is 2.56 bits per heavy atom. The van der Waals surface area contributed by atoms with E-state index in [0.29, 0.717) is 6.20 Å². The van der Waals surface area contributed by atoms with Crippen LogP contribution in [0.15, 0.2) is 6.20 Å². The van der Waals surface area contributed by atoms with Crippen molar-refractivity contribution in [3.05, 3.63) is 27.6 Å². The molecule has 16 heavy (non-hydrogen) atoms. The summed E-state index contributed by atoms with van der Waals surface area (Å²) in [7, 11) is 0. The highest BCUT2D eigenvalue weighted by Gasteiger charge is 2.29. The second-order valence-electron chi connectivity index (χ2n) is 2.65. The molecule has 0 aromatic carbocycles. The minimum absolute atomic E-state index is 0.474. The lowest BCUT2D eigenvalue weighted by Crippen LogP contribution is -2.08. The molecule has 0 unspecified atom stereocenters. The molecule has 1 aromatic rings. The fraction of sp³-hybridized carbons (Fsp3) is 0.143. The van der Waals surface area contributed by atoms with E-state index in [1.807, 2.05) is 0 Å².